The first-order chi connectivity index (χ1) is 19.7. The lowest BCUT2D eigenvalue weighted by molar-refractivity contribution is -0.148. The molecule has 216 valence electrons. The molecule has 0 radical (unpaired) electrons. The van der Waals surface area contributed by atoms with Gasteiger partial charge in [0, 0.05) is 25.3 Å². The standard InChI is InChI=1S/C33H38N2O6/c1-3-41-33(40)23(2)20-28(21-25-14-16-27(17-15-25)26-12-8-5-9-13-26)34-30(36)18-19-31(37)35-29(32(38)39)22-24-10-6-4-7-11-24/h4-17,23,28-29H,3,18-22H2,1-2H3,(H,34,36)(H,35,37)(H,38,39). The van der Waals surface area contributed by atoms with Crippen molar-refractivity contribution < 1.29 is 29.0 Å². The largest absolute Gasteiger partial charge is 0.480 e. The quantitative estimate of drug-likeness (QED) is 0.235. The lowest BCUT2D eigenvalue weighted by Crippen LogP contribution is -2.43. The SMILES string of the molecule is CCOC(=O)C(C)CC(Cc1ccc(-c2ccccc2)cc1)NC(=O)CCC(=O)NC(Cc1ccccc1)C(=O)O. The first-order valence-corrected chi connectivity index (χ1v) is 13.9. The van der Waals surface area contributed by atoms with Crippen molar-refractivity contribution in [1.29, 1.82) is 0 Å². The second-order valence-electron chi connectivity index (χ2n) is 10.1. The molecule has 0 heterocycles. The van der Waals surface area contributed by atoms with Crippen LogP contribution in [-0.2, 0) is 36.8 Å². The molecule has 3 aromatic rings. The number of hydrogen-bond acceptors (Lipinski definition) is 5. The molecule has 3 rings (SSSR count). The molecule has 0 fully saturated rings. The topological polar surface area (TPSA) is 122 Å². The molecule has 8 nitrogen and oxygen atoms in total. The molecule has 2 amide bonds. The van der Waals surface area contributed by atoms with Crippen molar-refractivity contribution in [2.75, 3.05) is 6.61 Å². The average molecular weight is 559 g/mol. The van der Waals surface area contributed by atoms with Gasteiger partial charge in [-0.15, -0.1) is 0 Å². The van der Waals surface area contributed by atoms with E-state index in [1.807, 2.05) is 60.7 Å². The summed E-state index contributed by atoms with van der Waals surface area (Å²) in [6.45, 7) is 3.79. The van der Waals surface area contributed by atoms with Gasteiger partial charge in [-0.25, -0.2) is 4.79 Å². The molecular formula is C33H38N2O6. The van der Waals surface area contributed by atoms with Crippen LogP contribution in [0.4, 0.5) is 0 Å². The maximum absolute atomic E-state index is 12.9. The highest BCUT2D eigenvalue weighted by atomic mass is 16.5. The summed E-state index contributed by atoms with van der Waals surface area (Å²) in [5.41, 5.74) is 3.96. The van der Waals surface area contributed by atoms with E-state index in [4.69, 9.17) is 4.74 Å². The van der Waals surface area contributed by atoms with Gasteiger partial charge >= 0.3 is 11.9 Å². The number of carboxylic acid groups (broad SMARTS) is 1. The number of aliphatic carboxylic acids is 1. The van der Waals surface area contributed by atoms with Gasteiger partial charge in [-0.2, -0.15) is 0 Å². The minimum atomic E-state index is -1.14. The monoisotopic (exact) mass is 558 g/mol. The number of nitrogens with one attached hydrogen (secondary N) is 2. The van der Waals surface area contributed by atoms with Crippen LogP contribution < -0.4 is 10.6 Å². The van der Waals surface area contributed by atoms with Gasteiger partial charge in [-0.3, -0.25) is 14.4 Å². The molecule has 8 heteroatoms. The molecule has 0 bridgehead atoms. The van der Waals surface area contributed by atoms with Crippen LogP contribution in [0, 0.1) is 5.92 Å². The molecule has 0 aliphatic heterocycles. The summed E-state index contributed by atoms with van der Waals surface area (Å²) in [6.07, 6.45) is 0.742. The van der Waals surface area contributed by atoms with Crippen molar-refractivity contribution in [3.63, 3.8) is 0 Å². The normalized spacial score (nSPS) is 12.9. The zero-order valence-corrected chi connectivity index (χ0v) is 23.5. The third-order valence-corrected chi connectivity index (χ3v) is 6.73. The maximum Gasteiger partial charge on any atom is 0.326 e. The summed E-state index contributed by atoms with van der Waals surface area (Å²) in [5.74, 6) is -2.77. The second-order valence-corrected chi connectivity index (χ2v) is 10.1. The minimum absolute atomic E-state index is 0.110. The lowest BCUT2D eigenvalue weighted by Gasteiger charge is -2.22. The van der Waals surface area contributed by atoms with Gasteiger partial charge < -0.3 is 20.5 Å². The van der Waals surface area contributed by atoms with Crippen molar-refractivity contribution in [3.8, 4) is 11.1 Å². The Balaban J connectivity index is 1.59. The van der Waals surface area contributed by atoms with E-state index in [1.165, 1.54) is 0 Å². The van der Waals surface area contributed by atoms with Crippen LogP contribution >= 0.6 is 0 Å². The number of hydrogen-bond donors (Lipinski definition) is 3. The fourth-order valence-corrected chi connectivity index (χ4v) is 4.59. The number of amides is 2. The van der Waals surface area contributed by atoms with E-state index in [0.29, 0.717) is 12.8 Å². The summed E-state index contributed by atoms with van der Waals surface area (Å²) in [7, 11) is 0. The van der Waals surface area contributed by atoms with Crippen molar-refractivity contribution in [1.82, 2.24) is 10.6 Å². The molecule has 0 saturated carbocycles. The number of ether oxygens (including phenoxy) is 1. The van der Waals surface area contributed by atoms with Gasteiger partial charge in [0.1, 0.15) is 6.04 Å². The zero-order chi connectivity index (χ0) is 29.6. The Hall–Kier alpha value is -4.46. The van der Waals surface area contributed by atoms with Crippen molar-refractivity contribution in [2.24, 2.45) is 5.92 Å². The fraction of sp³-hybridized carbons (Fsp3) is 0.333. The van der Waals surface area contributed by atoms with E-state index in [2.05, 4.69) is 10.6 Å². The van der Waals surface area contributed by atoms with E-state index in [9.17, 15) is 24.3 Å². The Labute approximate surface area is 241 Å². The van der Waals surface area contributed by atoms with E-state index >= 15 is 0 Å². The summed E-state index contributed by atoms with van der Waals surface area (Å²) in [5, 5.41) is 15.0. The summed E-state index contributed by atoms with van der Waals surface area (Å²) in [4.78, 5) is 49.3. The molecule has 3 N–H and O–H groups in total. The Morgan fingerprint density at radius 3 is 1.85 bits per heavy atom. The highest BCUT2D eigenvalue weighted by Crippen LogP contribution is 2.21. The van der Waals surface area contributed by atoms with E-state index in [-0.39, 0.29) is 43.8 Å². The average Bonchev–Trinajstić information content (AvgIpc) is 2.97. The Kier molecular flexibility index (Phi) is 12.1. The van der Waals surface area contributed by atoms with Crippen LogP contribution in [0.5, 0.6) is 0 Å². The molecule has 0 spiro atoms. The maximum atomic E-state index is 12.9. The van der Waals surface area contributed by atoms with Crippen molar-refractivity contribution in [2.45, 2.75) is 58.0 Å². The van der Waals surface area contributed by atoms with Gasteiger partial charge in [0.15, 0.2) is 0 Å². The molecule has 3 aromatic carbocycles. The number of benzene rings is 3. The van der Waals surface area contributed by atoms with E-state index < -0.39 is 23.8 Å². The molecule has 0 aliphatic rings. The number of carbonyl (C=O) groups excluding carboxylic acids is 3. The predicted octanol–water partition coefficient (Wildman–Crippen LogP) is 4.56. The van der Waals surface area contributed by atoms with Crippen molar-refractivity contribution >= 4 is 23.8 Å². The van der Waals surface area contributed by atoms with Crippen LogP contribution in [0.3, 0.4) is 0 Å². The van der Waals surface area contributed by atoms with Gasteiger partial charge in [-0.1, -0.05) is 91.9 Å². The van der Waals surface area contributed by atoms with Gasteiger partial charge in [0.05, 0.1) is 12.5 Å². The lowest BCUT2D eigenvalue weighted by atomic mass is 9.94. The van der Waals surface area contributed by atoms with Crippen LogP contribution in [0.2, 0.25) is 0 Å². The van der Waals surface area contributed by atoms with Crippen LogP contribution in [0.1, 0.15) is 44.2 Å². The van der Waals surface area contributed by atoms with Crippen molar-refractivity contribution in [3.05, 3.63) is 96.1 Å². The highest BCUT2D eigenvalue weighted by molar-refractivity contribution is 5.87. The Morgan fingerprint density at radius 2 is 1.27 bits per heavy atom. The minimum Gasteiger partial charge on any atom is -0.480 e. The van der Waals surface area contributed by atoms with Crippen LogP contribution in [-0.4, -0.2) is 47.6 Å². The van der Waals surface area contributed by atoms with Crippen LogP contribution in [0.15, 0.2) is 84.9 Å². The first kappa shape index (κ1) is 31.1. The van der Waals surface area contributed by atoms with Gasteiger partial charge in [0.2, 0.25) is 11.8 Å². The zero-order valence-electron chi connectivity index (χ0n) is 23.5. The third kappa shape index (κ3) is 10.6. The first-order valence-electron chi connectivity index (χ1n) is 13.9. The number of carbonyl (C=O) groups is 4. The predicted molar refractivity (Wildman–Crippen MR) is 157 cm³/mol. The smallest absolute Gasteiger partial charge is 0.326 e. The molecular weight excluding hydrogens is 520 g/mol. The van der Waals surface area contributed by atoms with Crippen LogP contribution in [0.25, 0.3) is 11.1 Å². The molecule has 3 atom stereocenters. The molecule has 3 unspecified atom stereocenters. The molecule has 0 saturated heterocycles. The van der Waals surface area contributed by atoms with E-state index in [0.717, 1.165) is 22.3 Å². The summed E-state index contributed by atoms with van der Waals surface area (Å²) < 4.78 is 5.15. The summed E-state index contributed by atoms with van der Waals surface area (Å²) >= 11 is 0. The molecule has 0 aliphatic carbocycles. The number of carboxylic acids is 1. The number of esters is 1. The molecule has 41 heavy (non-hydrogen) atoms. The fourth-order valence-electron chi connectivity index (χ4n) is 4.59. The highest BCUT2D eigenvalue weighted by Gasteiger charge is 2.24. The Morgan fingerprint density at radius 1 is 0.732 bits per heavy atom. The van der Waals surface area contributed by atoms with Gasteiger partial charge in [0.25, 0.3) is 0 Å². The second kappa shape index (κ2) is 16.0. The Bertz CT molecular complexity index is 1280. The van der Waals surface area contributed by atoms with E-state index in [1.54, 1.807) is 38.1 Å². The van der Waals surface area contributed by atoms with Gasteiger partial charge in [-0.05, 0) is 42.0 Å². The number of rotatable bonds is 15. The summed E-state index contributed by atoms with van der Waals surface area (Å²) in [6, 6.07) is 25.6. The molecule has 0 aromatic heterocycles. The third-order valence-electron chi connectivity index (χ3n) is 6.73.